The molecular formula is C31H25NO5. The van der Waals surface area contributed by atoms with Gasteiger partial charge in [0.05, 0.1) is 17.5 Å². The molecule has 184 valence electrons. The first kappa shape index (κ1) is 23.1. The van der Waals surface area contributed by atoms with E-state index >= 15 is 0 Å². The number of allylic oxidation sites excluding steroid dienone is 6. The SMILES string of the molecule is C=Cc1ccc(N2C(=O)[C@H]3[C@H](CC=C4[C@H](c5cccc(O)c5)C5=C(C[C@H]43)C(=O)C=C(C)C5=O)C2=O)cc1. The second kappa shape index (κ2) is 8.37. The van der Waals surface area contributed by atoms with Gasteiger partial charge in [0.25, 0.3) is 0 Å². The van der Waals surface area contributed by atoms with E-state index in [9.17, 15) is 24.3 Å². The smallest absolute Gasteiger partial charge is 0.238 e. The van der Waals surface area contributed by atoms with Gasteiger partial charge < -0.3 is 5.11 Å². The van der Waals surface area contributed by atoms with E-state index in [4.69, 9.17) is 0 Å². The average molecular weight is 492 g/mol. The van der Waals surface area contributed by atoms with Gasteiger partial charge in [-0.3, -0.25) is 24.1 Å². The van der Waals surface area contributed by atoms with Crippen LogP contribution in [0.2, 0.25) is 0 Å². The van der Waals surface area contributed by atoms with Gasteiger partial charge in [-0.15, -0.1) is 0 Å². The van der Waals surface area contributed by atoms with Crippen molar-refractivity contribution in [2.24, 2.45) is 17.8 Å². The van der Waals surface area contributed by atoms with E-state index in [1.807, 2.05) is 24.3 Å². The van der Waals surface area contributed by atoms with Crippen LogP contribution in [-0.4, -0.2) is 28.5 Å². The zero-order chi connectivity index (χ0) is 26.0. The predicted octanol–water partition coefficient (Wildman–Crippen LogP) is 4.67. The number of hydrogen-bond donors (Lipinski definition) is 1. The van der Waals surface area contributed by atoms with Crippen molar-refractivity contribution in [2.45, 2.75) is 25.7 Å². The first-order chi connectivity index (χ1) is 17.8. The van der Waals surface area contributed by atoms with Gasteiger partial charge in [0.15, 0.2) is 11.6 Å². The van der Waals surface area contributed by atoms with E-state index < -0.39 is 23.7 Å². The zero-order valence-corrected chi connectivity index (χ0v) is 20.3. The van der Waals surface area contributed by atoms with Gasteiger partial charge in [-0.05, 0) is 67.2 Å². The summed E-state index contributed by atoms with van der Waals surface area (Å²) in [6.07, 6.45) is 5.64. The molecule has 1 aliphatic heterocycles. The lowest BCUT2D eigenvalue weighted by Gasteiger charge is -2.42. The van der Waals surface area contributed by atoms with E-state index in [1.165, 1.54) is 11.0 Å². The van der Waals surface area contributed by atoms with Crippen molar-refractivity contribution in [2.75, 3.05) is 4.90 Å². The number of imide groups is 1. The van der Waals surface area contributed by atoms with Crippen LogP contribution in [0.5, 0.6) is 5.75 Å². The number of carbonyl (C=O) groups excluding carboxylic acids is 4. The number of rotatable bonds is 3. The van der Waals surface area contributed by atoms with Crippen molar-refractivity contribution in [3.05, 3.63) is 101 Å². The molecule has 0 unspecified atom stereocenters. The molecule has 0 saturated carbocycles. The molecular weight excluding hydrogens is 466 g/mol. The van der Waals surface area contributed by atoms with E-state index in [-0.39, 0.29) is 35.6 Å². The summed E-state index contributed by atoms with van der Waals surface area (Å²) >= 11 is 0. The van der Waals surface area contributed by atoms with Crippen molar-refractivity contribution in [3.8, 4) is 5.75 Å². The Morgan fingerprint density at radius 1 is 1.00 bits per heavy atom. The van der Waals surface area contributed by atoms with Crippen LogP contribution < -0.4 is 4.90 Å². The summed E-state index contributed by atoms with van der Waals surface area (Å²) < 4.78 is 0. The fraction of sp³-hybridized carbons (Fsp3) is 0.226. The molecule has 0 spiro atoms. The van der Waals surface area contributed by atoms with Gasteiger partial charge in [0, 0.05) is 22.6 Å². The predicted molar refractivity (Wildman–Crippen MR) is 138 cm³/mol. The monoisotopic (exact) mass is 491 g/mol. The molecule has 2 amide bonds. The summed E-state index contributed by atoms with van der Waals surface area (Å²) in [4.78, 5) is 55.2. The highest BCUT2D eigenvalue weighted by molar-refractivity contribution is 6.25. The molecule has 6 rings (SSSR count). The molecule has 4 atom stereocenters. The Balaban J connectivity index is 1.47. The number of carbonyl (C=O) groups is 4. The number of phenolic OH excluding ortho intramolecular Hbond substituents is 1. The van der Waals surface area contributed by atoms with Crippen LogP contribution in [-0.2, 0) is 19.2 Å². The molecule has 1 N–H and O–H groups in total. The Morgan fingerprint density at radius 2 is 1.76 bits per heavy atom. The highest BCUT2D eigenvalue weighted by Gasteiger charge is 2.56. The molecule has 0 aromatic heterocycles. The van der Waals surface area contributed by atoms with E-state index in [0.29, 0.717) is 34.4 Å². The highest BCUT2D eigenvalue weighted by atomic mass is 16.3. The number of anilines is 1. The molecule has 37 heavy (non-hydrogen) atoms. The Labute approximate surface area is 214 Å². The minimum absolute atomic E-state index is 0.0548. The molecule has 1 saturated heterocycles. The molecule has 6 heteroatoms. The first-order valence-electron chi connectivity index (χ1n) is 12.4. The minimum atomic E-state index is -0.629. The number of benzene rings is 2. The minimum Gasteiger partial charge on any atom is -0.508 e. The maximum atomic E-state index is 13.9. The molecule has 1 heterocycles. The highest BCUT2D eigenvalue weighted by Crippen LogP contribution is 2.55. The van der Waals surface area contributed by atoms with E-state index in [1.54, 1.807) is 43.3 Å². The summed E-state index contributed by atoms with van der Waals surface area (Å²) in [6.45, 7) is 5.38. The molecule has 3 aliphatic carbocycles. The number of aromatic hydroxyl groups is 1. The second-order valence-electron chi connectivity index (χ2n) is 10.1. The lowest BCUT2D eigenvalue weighted by atomic mass is 9.59. The fourth-order valence-corrected chi connectivity index (χ4v) is 6.46. The van der Waals surface area contributed by atoms with Gasteiger partial charge in [0.1, 0.15) is 5.75 Å². The molecule has 2 aromatic carbocycles. The van der Waals surface area contributed by atoms with Gasteiger partial charge in [-0.25, -0.2) is 0 Å². The number of ketones is 2. The fourth-order valence-electron chi connectivity index (χ4n) is 6.46. The Kier molecular flexibility index (Phi) is 5.23. The lowest BCUT2D eigenvalue weighted by molar-refractivity contribution is -0.123. The Morgan fingerprint density at radius 3 is 2.46 bits per heavy atom. The number of fused-ring (bicyclic) bond motifs is 3. The average Bonchev–Trinajstić information content (AvgIpc) is 3.16. The second-order valence-corrected chi connectivity index (χ2v) is 10.1. The van der Waals surface area contributed by atoms with Crippen LogP contribution in [0.1, 0.15) is 36.8 Å². The number of Topliss-reactive ketones (excluding diaryl/α,β-unsaturated/α-hetero) is 1. The molecule has 2 aromatic rings. The number of nitrogens with zero attached hydrogens (tertiary/aromatic N) is 1. The van der Waals surface area contributed by atoms with Gasteiger partial charge in [0.2, 0.25) is 11.8 Å². The van der Waals surface area contributed by atoms with Gasteiger partial charge in [-0.1, -0.05) is 48.6 Å². The zero-order valence-electron chi connectivity index (χ0n) is 20.3. The van der Waals surface area contributed by atoms with E-state index in [0.717, 1.165) is 11.1 Å². The Bertz CT molecular complexity index is 1510. The number of amides is 2. The summed E-state index contributed by atoms with van der Waals surface area (Å²) in [6, 6.07) is 13.8. The normalized spacial score (nSPS) is 26.9. The summed E-state index contributed by atoms with van der Waals surface area (Å²) in [5.41, 5.74) is 4.15. The molecule has 4 aliphatic rings. The van der Waals surface area contributed by atoms with Crippen LogP contribution in [0.25, 0.3) is 6.08 Å². The quantitative estimate of drug-likeness (QED) is 0.383. The molecule has 6 nitrogen and oxygen atoms in total. The van der Waals surface area contributed by atoms with Crippen molar-refractivity contribution >= 4 is 35.1 Å². The van der Waals surface area contributed by atoms with Crippen molar-refractivity contribution in [1.82, 2.24) is 0 Å². The van der Waals surface area contributed by atoms with Crippen LogP contribution in [0.4, 0.5) is 5.69 Å². The third-order valence-corrected chi connectivity index (χ3v) is 8.16. The number of phenols is 1. The standard InChI is InChI=1S/C31H25NO5/c1-3-17-7-9-19(10-8-17)32-30(36)22-12-11-21-23(27(22)31(32)37)15-24-25(34)13-16(2)29(35)28(24)26(21)18-5-4-6-20(33)14-18/h3-11,13-14,22-23,26-27,33H,1,12,15H2,2H3/t22-,23+,26-,27-/m0/s1. The van der Waals surface area contributed by atoms with E-state index in [2.05, 4.69) is 6.58 Å². The van der Waals surface area contributed by atoms with Gasteiger partial charge in [-0.2, -0.15) is 0 Å². The van der Waals surface area contributed by atoms with Crippen LogP contribution >= 0.6 is 0 Å². The maximum Gasteiger partial charge on any atom is 0.238 e. The van der Waals surface area contributed by atoms with Crippen molar-refractivity contribution in [3.63, 3.8) is 0 Å². The van der Waals surface area contributed by atoms with Crippen molar-refractivity contribution < 1.29 is 24.3 Å². The molecule has 1 fully saturated rings. The lowest BCUT2D eigenvalue weighted by Crippen LogP contribution is -2.39. The third kappa shape index (κ3) is 3.39. The van der Waals surface area contributed by atoms with Crippen LogP contribution in [0.3, 0.4) is 0 Å². The first-order valence-corrected chi connectivity index (χ1v) is 12.4. The summed E-state index contributed by atoms with van der Waals surface area (Å²) in [5.74, 6) is -3.01. The van der Waals surface area contributed by atoms with Crippen molar-refractivity contribution in [1.29, 1.82) is 0 Å². The maximum absolute atomic E-state index is 13.9. The van der Waals surface area contributed by atoms with Crippen LogP contribution in [0.15, 0.2) is 89.6 Å². The largest absolute Gasteiger partial charge is 0.508 e. The topological polar surface area (TPSA) is 91.8 Å². The summed E-state index contributed by atoms with van der Waals surface area (Å²) in [5, 5.41) is 10.2. The number of hydrogen-bond acceptors (Lipinski definition) is 5. The molecule has 0 bridgehead atoms. The molecule has 0 radical (unpaired) electrons. The van der Waals surface area contributed by atoms with Gasteiger partial charge >= 0.3 is 0 Å². The summed E-state index contributed by atoms with van der Waals surface area (Å²) in [7, 11) is 0. The van der Waals surface area contributed by atoms with Crippen LogP contribution in [0, 0.1) is 17.8 Å². The third-order valence-electron chi connectivity index (χ3n) is 8.16. The Hall–Kier alpha value is -4.32.